The molecule has 3 heteroatoms. The number of rotatable bonds is 27. The Morgan fingerprint density at radius 3 is 1.21 bits per heavy atom. The number of amides is 1. The van der Waals surface area contributed by atoms with Crippen molar-refractivity contribution in [2.45, 2.75) is 182 Å². The van der Waals surface area contributed by atoms with Crippen molar-refractivity contribution in [3.63, 3.8) is 0 Å². The molecule has 0 saturated carbocycles. The van der Waals surface area contributed by atoms with Gasteiger partial charge in [-0.25, -0.2) is 0 Å². The zero-order chi connectivity index (χ0) is 25.1. The van der Waals surface area contributed by atoms with Gasteiger partial charge in [0.2, 0.25) is 5.91 Å². The standard InChI is InChI=1S/C31H64N2O/c1-5-9-10-11-12-13-14-15-16-17-18-19-20-21-22-23-24-25-26-27-31(34)32-30(8-4)33(28-6-2)29-7-3/h30H,5-29H2,1-4H3,(H,32,34). The van der Waals surface area contributed by atoms with E-state index in [9.17, 15) is 4.79 Å². The van der Waals surface area contributed by atoms with Crippen molar-refractivity contribution in [2.24, 2.45) is 0 Å². The fourth-order valence-corrected chi connectivity index (χ4v) is 5.07. The van der Waals surface area contributed by atoms with Crippen molar-refractivity contribution < 1.29 is 4.79 Å². The summed E-state index contributed by atoms with van der Waals surface area (Å²) in [6.45, 7) is 11.1. The third kappa shape index (κ3) is 21.9. The van der Waals surface area contributed by atoms with Crippen LogP contribution in [-0.4, -0.2) is 30.1 Å². The molecule has 1 unspecified atom stereocenters. The molecule has 0 bridgehead atoms. The number of carbonyl (C=O) groups is 1. The van der Waals surface area contributed by atoms with Crippen LogP contribution in [0.4, 0.5) is 0 Å². The van der Waals surface area contributed by atoms with E-state index in [1.165, 1.54) is 116 Å². The van der Waals surface area contributed by atoms with Gasteiger partial charge in [-0.05, 0) is 38.8 Å². The summed E-state index contributed by atoms with van der Waals surface area (Å²) in [7, 11) is 0. The van der Waals surface area contributed by atoms with Crippen LogP contribution in [0.2, 0.25) is 0 Å². The van der Waals surface area contributed by atoms with Gasteiger partial charge in [-0.2, -0.15) is 0 Å². The lowest BCUT2D eigenvalue weighted by Gasteiger charge is -2.31. The molecule has 204 valence electrons. The zero-order valence-electron chi connectivity index (χ0n) is 24.1. The Hall–Kier alpha value is -0.570. The van der Waals surface area contributed by atoms with E-state index in [0.717, 1.165) is 38.8 Å². The minimum Gasteiger partial charge on any atom is -0.341 e. The molecule has 0 heterocycles. The first kappa shape index (κ1) is 33.4. The highest BCUT2D eigenvalue weighted by molar-refractivity contribution is 5.76. The second kappa shape index (κ2) is 27.0. The number of carbonyl (C=O) groups excluding carboxylic acids is 1. The highest BCUT2D eigenvalue weighted by Gasteiger charge is 2.17. The van der Waals surface area contributed by atoms with E-state index in [0.29, 0.717) is 6.42 Å². The Morgan fingerprint density at radius 2 is 0.882 bits per heavy atom. The van der Waals surface area contributed by atoms with Crippen LogP contribution in [0.5, 0.6) is 0 Å². The molecule has 0 aromatic rings. The predicted octanol–water partition coefficient (Wildman–Crippen LogP) is 9.78. The molecule has 0 aromatic carbocycles. The average molecular weight is 481 g/mol. The van der Waals surface area contributed by atoms with Gasteiger partial charge in [0, 0.05) is 6.42 Å². The lowest BCUT2D eigenvalue weighted by atomic mass is 10.0. The summed E-state index contributed by atoms with van der Waals surface area (Å²) in [5, 5.41) is 3.28. The molecule has 0 aromatic heterocycles. The van der Waals surface area contributed by atoms with Crippen LogP contribution in [0.1, 0.15) is 175 Å². The molecule has 0 radical (unpaired) electrons. The van der Waals surface area contributed by atoms with Crippen LogP contribution >= 0.6 is 0 Å². The monoisotopic (exact) mass is 481 g/mol. The van der Waals surface area contributed by atoms with Crippen molar-refractivity contribution in [3.05, 3.63) is 0 Å². The van der Waals surface area contributed by atoms with Gasteiger partial charge in [0.1, 0.15) is 0 Å². The maximum atomic E-state index is 12.4. The minimum absolute atomic E-state index is 0.215. The summed E-state index contributed by atoms with van der Waals surface area (Å²) in [5.74, 6) is 0.246. The summed E-state index contributed by atoms with van der Waals surface area (Å²) in [5.41, 5.74) is 0. The SMILES string of the molecule is CCCCCCCCCCCCCCCCCCCCCC(=O)NC(CC)N(CCC)CCC. The first-order chi connectivity index (χ1) is 16.7. The molecule has 1 atom stereocenters. The summed E-state index contributed by atoms with van der Waals surface area (Å²) >= 11 is 0. The predicted molar refractivity (Wildman–Crippen MR) is 152 cm³/mol. The number of nitrogens with one attached hydrogen (secondary N) is 1. The quantitative estimate of drug-likeness (QED) is 0.0937. The van der Waals surface area contributed by atoms with Gasteiger partial charge < -0.3 is 5.32 Å². The topological polar surface area (TPSA) is 32.3 Å². The molecule has 0 spiro atoms. The third-order valence-corrected chi connectivity index (χ3v) is 7.18. The fourth-order valence-electron chi connectivity index (χ4n) is 5.07. The summed E-state index contributed by atoms with van der Waals surface area (Å²) in [6.07, 6.45) is 30.6. The molecular weight excluding hydrogens is 416 g/mol. The Kier molecular flexibility index (Phi) is 26.6. The normalized spacial score (nSPS) is 12.4. The van der Waals surface area contributed by atoms with Gasteiger partial charge in [0.25, 0.3) is 0 Å². The molecule has 1 N–H and O–H groups in total. The number of hydrogen-bond donors (Lipinski definition) is 1. The maximum Gasteiger partial charge on any atom is 0.221 e. The Balaban J connectivity index is 3.43. The average Bonchev–Trinajstić information content (AvgIpc) is 2.84. The van der Waals surface area contributed by atoms with E-state index in [-0.39, 0.29) is 12.1 Å². The molecule has 0 rings (SSSR count). The Bertz CT molecular complexity index is 406. The van der Waals surface area contributed by atoms with Crippen LogP contribution in [0, 0.1) is 0 Å². The molecule has 0 aliphatic carbocycles. The highest BCUT2D eigenvalue weighted by Crippen LogP contribution is 2.15. The molecule has 34 heavy (non-hydrogen) atoms. The van der Waals surface area contributed by atoms with Crippen LogP contribution < -0.4 is 5.32 Å². The summed E-state index contributed by atoms with van der Waals surface area (Å²) in [4.78, 5) is 14.8. The lowest BCUT2D eigenvalue weighted by Crippen LogP contribution is -2.48. The first-order valence-electron chi connectivity index (χ1n) is 15.7. The van der Waals surface area contributed by atoms with Gasteiger partial charge in [-0.1, -0.05) is 143 Å². The number of hydrogen-bond acceptors (Lipinski definition) is 2. The van der Waals surface area contributed by atoms with Crippen molar-refractivity contribution in [2.75, 3.05) is 13.1 Å². The Morgan fingerprint density at radius 1 is 0.529 bits per heavy atom. The van der Waals surface area contributed by atoms with Crippen LogP contribution in [0.3, 0.4) is 0 Å². The molecular formula is C31H64N2O. The van der Waals surface area contributed by atoms with Gasteiger partial charge in [-0.15, -0.1) is 0 Å². The second-order valence-electron chi connectivity index (χ2n) is 10.6. The van der Waals surface area contributed by atoms with Crippen LogP contribution in [0.15, 0.2) is 0 Å². The summed E-state index contributed by atoms with van der Waals surface area (Å²) < 4.78 is 0. The van der Waals surface area contributed by atoms with Crippen LogP contribution in [0.25, 0.3) is 0 Å². The van der Waals surface area contributed by atoms with Crippen molar-refractivity contribution in [1.82, 2.24) is 10.2 Å². The van der Waals surface area contributed by atoms with Crippen molar-refractivity contribution in [1.29, 1.82) is 0 Å². The zero-order valence-corrected chi connectivity index (χ0v) is 24.1. The maximum absolute atomic E-state index is 12.4. The van der Waals surface area contributed by atoms with E-state index in [4.69, 9.17) is 0 Å². The van der Waals surface area contributed by atoms with E-state index in [1.54, 1.807) is 0 Å². The molecule has 0 aliphatic heterocycles. The number of nitrogens with zero attached hydrogens (tertiary/aromatic N) is 1. The highest BCUT2D eigenvalue weighted by atomic mass is 16.1. The molecule has 0 aliphatic rings. The first-order valence-corrected chi connectivity index (χ1v) is 15.7. The third-order valence-electron chi connectivity index (χ3n) is 7.18. The van der Waals surface area contributed by atoms with Gasteiger partial charge >= 0.3 is 0 Å². The largest absolute Gasteiger partial charge is 0.341 e. The molecule has 0 fully saturated rings. The Labute approximate surface area is 215 Å². The lowest BCUT2D eigenvalue weighted by molar-refractivity contribution is -0.123. The number of unbranched alkanes of at least 4 members (excludes halogenated alkanes) is 18. The van der Waals surface area contributed by atoms with E-state index >= 15 is 0 Å². The van der Waals surface area contributed by atoms with E-state index in [1.807, 2.05) is 0 Å². The second-order valence-corrected chi connectivity index (χ2v) is 10.6. The van der Waals surface area contributed by atoms with Crippen molar-refractivity contribution >= 4 is 5.91 Å². The fraction of sp³-hybridized carbons (Fsp3) is 0.968. The molecule has 1 amide bonds. The van der Waals surface area contributed by atoms with Gasteiger partial charge in [0.05, 0.1) is 6.17 Å². The van der Waals surface area contributed by atoms with Gasteiger partial charge in [0.15, 0.2) is 0 Å². The van der Waals surface area contributed by atoms with Crippen molar-refractivity contribution in [3.8, 4) is 0 Å². The summed E-state index contributed by atoms with van der Waals surface area (Å²) in [6, 6.07) is 0. The molecule has 3 nitrogen and oxygen atoms in total. The minimum atomic E-state index is 0.215. The smallest absolute Gasteiger partial charge is 0.221 e. The van der Waals surface area contributed by atoms with Crippen LogP contribution in [-0.2, 0) is 4.79 Å². The van der Waals surface area contributed by atoms with E-state index in [2.05, 4.69) is 37.9 Å². The molecule has 0 saturated heterocycles. The van der Waals surface area contributed by atoms with E-state index < -0.39 is 0 Å². The van der Waals surface area contributed by atoms with Gasteiger partial charge in [-0.3, -0.25) is 9.69 Å².